The van der Waals surface area contributed by atoms with E-state index in [2.05, 4.69) is 27.2 Å². The van der Waals surface area contributed by atoms with Gasteiger partial charge in [0.25, 0.3) is 0 Å². The van der Waals surface area contributed by atoms with Crippen LogP contribution in [0.5, 0.6) is 11.5 Å². The van der Waals surface area contributed by atoms with Gasteiger partial charge in [0.15, 0.2) is 5.76 Å². The second kappa shape index (κ2) is 13.4. The highest BCUT2D eigenvalue weighted by Gasteiger charge is 2.19. The Kier molecular flexibility index (Phi) is 9.04. The van der Waals surface area contributed by atoms with Crippen LogP contribution in [-0.2, 0) is 13.2 Å². The van der Waals surface area contributed by atoms with Crippen molar-refractivity contribution in [2.75, 3.05) is 0 Å². The fraction of sp³-hybridized carbons (Fsp3) is 0.121. The summed E-state index contributed by atoms with van der Waals surface area (Å²) >= 11 is 0. The second-order valence-electron chi connectivity index (χ2n) is 9.95. The van der Waals surface area contributed by atoms with Gasteiger partial charge in [-0.05, 0) is 86.1 Å². The zero-order valence-corrected chi connectivity index (χ0v) is 24.3. The molecule has 12 heteroatoms. The number of nitro benzene ring substituents is 1. The van der Waals surface area contributed by atoms with E-state index in [0.717, 1.165) is 17.1 Å². The number of ether oxygens (including phenoxy) is 2. The number of hydrogen-bond acceptors (Lipinski definition) is 8. The van der Waals surface area contributed by atoms with Crippen LogP contribution in [0.15, 0.2) is 101 Å². The lowest BCUT2D eigenvalue weighted by molar-refractivity contribution is -0.386. The number of nitrogens with one attached hydrogen (secondary N) is 1. The van der Waals surface area contributed by atoms with Crippen LogP contribution in [0, 0.1) is 24.0 Å². The molecule has 0 aliphatic rings. The zero-order chi connectivity index (χ0) is 31.9. The molecule has 228 valence electrons. The summed E-state index contributed by atoms with van der Waals surface area (Å²) in [5.41, 5.74) is 6.08. The molecular weight excluding hydrogens is 580 g/mol. The first-order valence-electron chi connectivity index (χ1n) is 13.7. The third-order valence-electron chi connectivity index (χ3n) is 6.78. The smallest absolute Gasteiger partial charge is 0.335 e. The average molecular weight is 609 g/mol. The molecule has 0 radical (unpaired) electrons. The SMILES string of the molecule is Cc1ccc(C)n1-c1ccc(OCc2ccc(C(=O)N/N=C/c3cccc([N+](=O)[O-])c3OCc3cccc(C(=O)O)c3)o2)cc1. The molecule has 45 heavy (non-hydrogen) atoms. The molecule has 0 saturated carbocycles. The first-order chi connectivity index (χ1) is 21.7. The van der Waals surface area contributed by atoms with Crippen molar-refractivity contribution in [1.82, 2.24) is 9.99 Å². The number of nitrogens with zero attached hydrogens (tertiary/aromatic N) is 3. The van der Waals surface area contributed by atoms with E-state index in [0.29, 0.717) is 17.1 Å². The summed E-state index contributed by atoms with van der Waals surface area (Å²) in [5.74, 6) is -0.785. The topological polar surface area (TPSA) is 158 Å². The lowest BCUT2D eigenvalue weighted by atomic mass is 10.1. The summed E-state index contributed by atoms with van der Waals surface area (Å²) in [6, 6.07) is 25.1. The minimum Gasteiger partial charge on any atom is -0.486 e. The molecule has 2 N–H and O–H groups in total. The predicted octanol–water partition coefficient (Wildman–Crippen LogP) is 6.22. The summed E-state index contributed by atoms with van der Waals surface area (Å²) in [5, 5.41) is 24.8. The van der Waals surface area contributed by atoms with Crippen molar-refractivity contribution in [1.29, 1.82) is 0 Å². The average Bonchev–Trinajstić information content (AvgIpc) is 3.65. The number of hydrazone groups is 1. The Morgan fingerprint density at radius 1 is 0.956 bits per heavy atom. The molecule has 0 bridgehead atoms. The van der Waals surface area contributed by atoms with Gasteiger partial charge in [-0.15, -0.1) is 0 Å². The molecule has 5 aromatic rings. The maximum atomic E-state index is 12.6. The number of benzene rings is 3. The number of nitro groups is 1. The number of carboxylic acid groups (broad SMARTS) is 1. The van der Waals surface area contributed by atoms with Crippen molar-refractivity contribution < 1.29 is 33.5 Å². The van der Waals surface area contributed by atoms with Gasteiger partial charge in [-0.1, -0.05) is 18.2 Å². The Balaban J connectivity index is 1.20. The zero-order valence-electron chi connectivity index (χ0n) is 24.3. The summed E-state index contributed by atoms with van der Waals surface area (Å²) in [6.45, 7) is 4.05. The first kappa shape index (κ1) is 30.3. The molecule has 0 aliphatic carbocycles. The van der Waals surface area contributed by atoms with E-state index in [-0.39, 0.29) is 41.5 Å². The van der Waals surface area contributed by atoms with E-state index in [1.54, 1.807) is 18.2 Å². The van der Waals surface area contributed by atoms with E-state index in [1.165, 1.54) is 42.6 Å². The van der Waals surface area contributed by atoms with Crippen molar-refractivity contribution in [2.45, 2.75) is 27.1 Å². The molecule has 3 aromatic carbocycles. The monoisotopic (exact) mass is 608 g/mol. The highest BCUT2D eigenvalue weighted by molar-refractivity contribution is 5.93. The van der Waals surface area contributed by atoms with E-state index < -0.39 is 16.8 Å². The Bertz CT molecular complexity index is 1870. The fourth-order valence-corrected chi connectivity index (χ4v) is 4.61. The molecule has 0 atom stereocenters. The van der Waals surface area contributed by atoms with Gasteiger partial charge in [-0.3, -0.25) is 14.9 Å². The van der Waals surface area contributed by atoms with Gasteiger partial charge >= 0.3 is 17.6 Å². The number of aryl methyl sites for hydroxylation is 2. The van der Waals surface area contributed by atoms with Crippen molar-refractivity contribution in [3.63, 3.8) is 0 Å². The van der Waals surface area contributed by atoms with Crippen LogP contribution in [0.1, 0.15) is 49.2 Å². The van der Waals surface area contributed by atoms with Crippen molar-refractivity contribution >= 4 is 23.8 Å². The molecule has 12 nitrogen and oxygen atoms in total. The number of carbonyl (C=O) groups is 2. The third kappa shape index (κ3) is 7.25. The Morgan fingerprint density at radius 3 is 2.40 bits per heavy atom. The third-order valence-corrected chi connectivity index (χ3v) is 6.78. The van der Waals surface area contributed by atoms with Crippen molar-refractivity contribution in [3.05, 3.63) is 141 Å². The summed E-state index contributed by atoms with van der Waals surface area (Å²) in [7, 11) is 0. The number of para-hydroxylation sites is 1. The van der Waals surface area contributed by atoms with E-state index in [9.17, 15) is 24.8 Å². The van der Waals surface area contributed by atoms with Crippen LogP contribution in [0.4, 0.5) is 5.69 Å². The van der Waals surface area contributed by atoms with E-state index >= 15 is 0 Å². The van der Waals surface area contributed by atoms with Gasteiger partial charge in [-0.25, -0.2) is 10.2 Å². The Morgan fingerprint density at radius 2 is 1.69 bits per heavy atom. The van der Waals surface area contributed by atoms with Crippen LogP contribution in [0.3, 0.4) is 0 Å². The minimum absolute atomic E-state index is 0.00603. The molecule has 2 aromatic heterocycles. The number of carbonyl (C=O) groups excluding carboxylic acids is 1. The van der Waals surface area contributed by atoms with Gasteiger partial charge in [-0.2, -0.15) is 5.10 Å². The Labute approximate surface area is 257 Å². The predicted molar refractivity (Wildman–Crippen MR) is 164 cm³/mol. The van der Waals surface area contributed by atoms with E-state index in [1.807, 2.05) is 38.1 Å². The van der Waals surface area contributed by atoms with Crippen LogP contribution in [0.2, 0.25) is 0 Å². The van der Waals surface area contributed by atoms with Gasteiger partial charge < -0.3 is 23.6 Å². The van der Waals surface area contributed by atoms with Gasteiger partial charge in [0.1, 0.15) is 24.7 Å². The molecule has 5 rings (SSSR count). The quantitative estimate of drug-likeness (QED) is 0.0960. The van der Waals surface area contributed by atoms with Crippen molar-refractivity contribution in [2.24, 2.45) is 5.10 Å². The lowest BCUT2D eigenvalue weighted by Gasteiger charge is -2.10. The minimum atomic E-state index is -1.11. The van der Waals surface area contributed by atoms with Crippen LogP contribution >= 0.6 is 0 Å². The molecular formula is C33H28N4O8. The van der Waals surface area contributed by atoms with Gasteiger partial charge in [0.2, 0.25) is 5.75 Å². The lowest BCUT2D eigenvalue weighted by Crippen LogP contribution is -2.17. The number of furan rings is 1. The molecule has 0 unspecified atom stereocenters. The summed E-state index contributed by atoms with van der Waals surface area (Å²) in [4.78, 5) is 34.9. The maximum Gasteiger partial charge on any atom is 0.335 e. The van der Waals surface area contributed by atoms with Crippen LogP contribution < -0.4 is 14.9 Å². The number of carboxylic acids is 1. The number of rotatable bonds is 12. The first-order valence-corrected chi connectivity index (χ1v) is 13.7. The molecule has 0 saturated heterocycles. The summed E-state index contributed by atoms with van der Waals surface area (Å²) in [6.07, 6.45) is 1.21. The van der Waals surface area contributed by atoms with Crippen molar-refractivity contribution in [3.8, 4) is 17.2 Å². The van der Waals surface area contributed by atoms with E-state index in [4.69, 9.17) is 13.9 Å². The standard InChI is InChI=1S/C33H28N4O8/c1-21-9-10-22(2)36(21)26-11-13-27(14-12-26)43-20-28-15-16-30(45-28)32(38)35-34-18-25-7-4-8-29(37(41)42)31(25)44-19-23-5-3-6-24(17-23)33(39)40/h3-18H,19-20H2,1-2H3,(H,35,38)(H,39,40)/b34-18+. The van der Waals surface area contributed by atoms with Gasteiger partial charge in [0, 0.05) is 28.7 Å². The summed E-state index contributed by atoms with van der Waals surface area (Å²) < 4.78 is 19.3. The molecule has 1 amide bonds. The normalized spacial score (nSPS) is 11.0. The molecule has 0 fully saturated rings. The largest absolute Gasteiger partial charge is 0.486 e. The molecule has 2 heterocycles. The molecule has 0 aliphatic heterocycles. The molecule has 0 spiro atoms. The Hall–Kier alpha value is -6.17. The highest BCUT2D eigenvalue weighted by Crippen LogP contribution is 2.31. The van der Waals surface area contributed by atoms with Crippen LogP contribution in [0.25, 0.3) is 5.69 Å². The number of aromatic carboxylic acids is 1. The second-order valence-corrected chi connectivity index (χ2v) is 9.95. The number of amides is 1. The van der Waals surface area contributed by atoms with Crippen LogP contribution in [-0.4, -0.2) is 32.7 Å². The number of aromatic nitrogens is 1. The highest BCUT2D eigenvalue weighted by atomic mass is 16.6. The van der Waals surface area contributed by atoms with Gasteiger partial charge in [0.05, 0.1) is 16.7 Å². The fourth-order valence-electron chi connectivity index (χ4n) is 4.61. The number of hydrogen-bond donors (Lipinski definition) is 2. The maximum absolute atomic E-state index is 12.6.